The van der Waals surface area contributed by atoms with Crippen molar-refractivity contribution >= 4 is 11.3 Å². The molecule has 0 aliphatic heterocycles. The van der Waals surface area contributed by atoms with Gasteiger partial charge < -0.3 is 5.32 Å². The molecule has 0 spiro atoms. The van der Waals surface area contributed by atoms with Gasteiger partial charge in [0.05, 0.1) is 12.2 Å². The van der Waals surface area contributed by atoms with E-state index in [1.807, 2.05) is 18.3 Å². The number of aryl methyl sites for hydroxylation is 2. The first-order valence-electron chi connectivity index (χ1n) is 6.53. The van der Waals surface area contributed by atoms with Gasteiger partial charge in [-0.05, 0) is 44.9 Å². The van der Waals surface area contributed by atoms with E-state index in [1.54, 1.807) is 0 Å². The highest BCUT2D eigenvalue weighted by Crippen LogP contribution is 2.22. The van der Waals surface area contributed by atoms with E-state index in [2.05, 4.69) is 40.2 Å². The zero-order valence-electron chi connectivity index (χ0n) is 10.9. The summed E-state index contributed by atoms with van der Waals surface area (Å²) in [5.41, 5.74) is 2.33. The van der Waals surface area contributed by atoms with Crippen molar-refractivity contribution in [3.8, 4) is 0 Å². The average molecular weight is 261 g/mol. The predicted molar refractivity (Wildman–Crippen MR) is 75.0 cm³/mol. The molecule has 0 atom stereocenters. The highest BCUT2D eigenvalue weighted by Gasteiger charge is 2.20. The highest BCUT2D eigenvalue weighted by molar-refractivity contribution is 7.11. The van der Waals surface area contributed by atoms with Crippen molar-refractivity contribution in [2.45, 2.75) is 45.8 Å². The van der Waals surface area contributed by atoms with Crippen LogP contribution in [0.5, 0.6) is 0 Å². The quantitative estimate of drug-likeness (QED) is 0.897. The van der Waals surface area contributed by atoms with Crippen LogP contribution in [0.1, 0.15) is 34.0 Å². The zero-order chi connectivity index (χ0) is 12.5. The van der Waals surface area contributed by atoms with Gasteiger partial charge in [0.15, 0.2) is 0 Å². The molecule has 3 rings (SSSR count). The molecule has 0 aromatic carbocycles. The number of nitrogens with zero attached hydrogens (tertiary/aromatic N) is 2. The largest absolute Gasteiger partial charge is 0.309 e. The minimum atomic E-state index is 0.784. The van der Waals surface area contributed by atoms with Crippen LogP contribution in [0.2, 0.25) is 0 Å². The monoisotopic (exact) mass is 261 g/mol. The second-order valence-corrected chi connectivity index (χ2v) is 6.36. The molecule has 1 aliphatic carbocycles. The molecule has 1 aliphatic rings. The first-order chi connectivity index (χ1) is 8.70. The number of thiophene rings is 1. The SMILES string of the molecule is Cc1cc(C)n(Cc2ccc(CNC3CC3)s2)n1. The Morgan fingerprint density at radius 2 is 2.11 bits per heavy atom. The lowest BCUT2D eigenvalue weighted by Crippen LogP contribution is -2.14. The topological polar surface area (TPSA) is 29.9 Å². The molecule has 96 valence electrons. The van der Waals surface area contributed by atoms with Crippen LogP contribution >= 0.6 is 11.3 Å². The molecule has 1 saturated carbocycles. The van der Waals surface area contributed by atoms with Crippen LogP contribution in [0.15, 0.2) is 18.2 Å². The molecule has 2 aromatic heterocycles. The third-order valence-electron chi connectivity index (χ3n) is 3.27. The lowest BCUT2D eigenvalue weighted by Gasteiger charge is -2.01. The van der Waals surface area contributed by atoms with Gasteiger partial charge in [-0.15, -0.1) is 11.3 Å². The standard InChI is InChI=1S/C14H19N3S/c1-10-7-11(2)17(16-10)9-14-6-5-13(18-14)8-15-12-3-4-12/h5-7,12,15H,3-4,8-9H2,1-2H3. The summed E-state index contributed by atoms with van der Waals surface area (Å²) in [5, 5.41) is 8.06. The van der Waals surface area contributed by atoms with Crippen LogP contribution < -0.4 is 5.32 Å². The Hall–Kier alpha value is -1.13. The van der Waals surface area contributed by atoms with Crippen molar-refractivity contribution in [2.75, 3.05) is 0 Å². The van der Waals surface area contributed by atoms with Gasteiger partial charge in [0, 0.05) is 28.0 Å². The van der Waals surface area contributed by atoms with E-state index in [4.69, 9.17) is 0 Å². The van der Waals surface area contributed by atoms with Crippen molar-refractivity contribution in [2.24, 2.45) is 0 Å². The number of rotatable bonds is 5. The summed E-state index contributed by atoms with van der Waals surface area (Å²) < 4.78 is 2.08. The van der Waals surface area contributed by atoms with Crippen LogP contribution in [-0.4, -0.2) is 15.8 Å². The molecular weight excluding hydrogens is 242 g/mol. The number of hydrogen-bond donors (Lipinski definition) is 1. The van der Waals surface area contributed by atoms with Crippen LogP contribution in [0, 0.1) is 13.8 Å². The number of nitrogens with one attached hydrogen (secondary N) is 1. The molecule has 0 bridgehead atoms. The zero-order valence-corrected chi connectivity index (χ0v) is 11.8. The van der Waals surface area contributed by atoms with E-state index in [0.717, 1.165) is 24.8 Å². The van der Waals surface area contributed by atoms with Gasteiger partial charge in [0.1, 0.15) is 0 Å². The molecule has 0 saturated heterocycles. The van der Waals surface area contributed by atoms with Crippen LogP contribution in [0.3, 0.4) is 0 Å². The van der Waals surface area contributed by atoms with Gasteiger partial charge in [-0.3, -0.25) is 4.68 Å². The maximum absolute atomic E-state index is 4.51. The van der Waals surface area contributed by atoms with E-state index in [0.29, 0.717) is 0 Å². The van der Waals surface area contributed by atoms with Gasteiger partial charge in [0.2, 0.25) is 0 Å². The Morgan fingerprint density at radius 3 is 2.78 bits per heavy atom. The summed E-state index contributed by atoms with van der Waals surface area (Å²) in [4.78, 5) is 2.81. The molecule has 0 amide bonds. The average Bonchev–Trinajstić information content (AvgIpc) is 2.97. The van der Waals surface area contributed by atoms with Crippen molar-refractivity contribution in [1.82, 2.24) is 15.1 Å². The Morgan fingerprint density at radius 1 is 1.33 bits per heavy atom. The molecule has 0 unspecified atom stereocenters. The predicted octanol–water partition coefficient (Wildman–Crippen LogP) is 2.86. The fourth-order valence-electron chi connectivity index (χ4n) is 2.12. The van der Waals surface area contributed by atoms with Gasteiger partial charge >= 0.3 is 0 Å². The molecule has 2 aromatic rings. The Balaban J connectivity index is 1.63. The van der Waals surface area contributed by atoms with E-state index < -0.39 is 0 Å². The summed E-state index contributed by atoms with van der Waals surface area (Å²) in [6.45, 7) is 6.08. The summed E-state index contributed by atoms with van der Waals surface area (Å²) in [6, 6.07) is 7.38. The first kappa shape index (κ1) is 11.9. The molecule has 1 fully saturated rings. The lowest BCUT2D eigenvalue weighted by molar-refractivity contribution is 0.666. The Labute approximate surface area is 112 Å². The molecule has 2 heterocycles. The van der Waals surface area contributed by atoms with Gasteiger partial charge in [0.25, 0.3) is 0 Å². The lowest BCUT2D eigenvalue weighted by atomic mass is 10.4. The molecule has 3 nitrogen and oxygen atoms in total. The van der Waals surface area contributed by atoms with E-state index in [1.165, 1.54) is 28.3 Å². The van der Waals surface area contributed by atoms with Crippen molar-refractivity contribution in [3.05, 3.63) is 39.3 Å². The normalized spacial score (nSPS) is 15.2. The fourth-order valence-corrected chi connectivity index (χ4v) is 3.07. The van der Waals surface area contributed by atoms with Crippen molar-refractivity contribution in [3.63, 3.8) is 0 Å². The molecule has 18 heavy (non-hydrogen) atoms. The number of hydrogen-bond acceptors (Lipinski definition) is 3. The maximum Gasteiger partial charge on any atom is 0.0755 e. The molecule has 1 N–H and O–H groups in total. The Kier molecular flexibility index (Phi) is 3.22. The van der Waals surface area contributed by atoms with Gasteiger partial charge in [-0.2, -0.15) is 5.10 Å². The maximum atomic E-state index is 4.51. The van der Waals surface area contributed by atoms with Crippen molar-refractivity contribution < 1.29 is 0 Å². The smallest absolute Gasteiger partial charge is 0.0755 e. The highest BCUT2D eigenvalue weighted by atomic mass is 32.1. The van der Waals surface area contributed by atoms with E-state index in [-0.39, 0.29) is 0 Å². The summed E-state index contributed by atoms with van der Waals surface area (Å²) in [5.74, 6) is 0. The molecular formula is C14H19N3S. The molecule has 0 radical (unpaired) electrons. The third kappa shape index (κ3) is 2.82. The Bertz CT molecular complexity index is 537. The van der Waals surface area contributed by atoms with Crippen LogP contribution in [0.25, 0.3) is 0 Å². The summed E-state index contributed by atoms with van der Waals surface area (Å²) in [7, 11) is 0. The second kappa shape index (κ2) is 4.86. The summed E-state index contributed by atoms with van der Waals surface area (Å²) >= 11 is 1.89. The molecule has 4 heteroatoms. The minimum absolute atomic E-state index is 0.784. The van der Waals surface area contributed by atoms with Crippen LogP contribution in [-0.2, 0) is 13.1 Å². The minimum Gasteiger partial charge on any atom is -0.309 e. The third-order valence-corrected chi connectivity index (χ3v) is 4.34. The van der Waals surface area contributed by atoms with E-state index >= 15 is 0 Å². The van der Waals surface area contributed by atoms with Gasteiger partial charge in [-0.1, -0.05) is 0 Å². The second-order valence-electron chi connectivity index (χ2n) is 5.11. The summed E-state index contributed by atoms with van der Waals surface area (Å²) in [6.07, 6.45) is 2.70. The van der Waals surface area contributed by atoms with E-state index in [9.17, 15) is 0 Å². The van der Waals surface area contributed by atoms with Crippen LogP contribution in [0.4, 0.5) is 0 Å². The number of aromatic nitrogens is 2. The van der Waals surface area contributed by atoms with Gasteiger partial charge in [-0.25, -0.2) is 0 Å². The van der Waals surface area contributed by atoms with Crippen molar-refractivity contribution in [1.29, 1.82) is 0 Å². The first-order valence-corrected chi connectivity index (χ1v) is 7.34. The fraction of sp³-hybridized carbons (Fsp3) is 0.500.